The normalized spacial score (nSPS) is 17.4. The van der Waals surface area contributed by atoms with Crippen LogP contribution in [0, 0.1) is 0 Å². The predicted octanol–water partition coefficient (Wildman–Crippen LogP) is 0.721. The van der Waals surface area contributed by atoms with Crippen molar-refractivity contribution >= 4 is 0 Å². The molecule has 0 unspecified atom stereocenters. The second-order valence-corrected chi connectivity index (χ2v) is 2.39. The van der Waals surface area contributed by atoms with E-state index in [1.165, 1.54) is 5.57 Å². The first-order valence-electron chi connectivity index (χ1n) is 3.68. The number of nitrogens with two attached hydrogens (primary N) is 1. The van der Waals surface area contributed by atoms with Crippen LogP contribution in [-0.4, -0.2) is 24.5 Å². The van der Waals surface area contributed by atoms with Gasteiger partial charge >= 0.3 is 0 Å². The average molecular weight is 138 g/mol. The van der Waals surface area contributed by atoms with Gasteiger partial charge in [0.1, 0.15) is 0 Å². The lowest BCUT2D eigenvalue weighted by atomic mass is 10.2. The Labute approximate surface area is 62.0 Å². The highest BCUT2D eigenvalue weighted by atomic mass is 15.1. The fourth-order valence-corrected chi connectivity index (χ4v) is 0.950. The Kier molecular flexibility index (Phi) is 2.51. The number of likely N-dealkylation sites (N-methyl/N-ethyl adjacent to an activating group) is 1. The van der Waals surface area contributed by atoms with Crippen molar-refractivity contribution in [1.29, 1.82) is 0 Å². The molecule has 0 saturated heterocycles. The maximum Gasteiger partial charge on any atom is 0.0360 e. The minimum atomic E-state index is 0.661. The Morgan fingerprint density at radius 2 is 2.50 bits per heavy atom. The third-order valence-electron chi connectivity index (χ3n) is 1.73. The van der Waals surface area contributed by atoms with Gasteiger partial charge in [0.15, 0.2) is 0 Å². The predicted molar refractivity (Wildman–Crippen MR) is 43.5 cm³/mol. The lowest BCUT2D eigenvalue weighted by Crippen LogP contribution is -2.20. The van der Waals surface area contributed by atoms with E-state index in [-0.39, 0.29) is 0 Å². The molecule has 0 atom stereocenters. The van der Waals surface area contributed by atoms with Crippen LogP contribution in [0.15, 0.2) is 23.9 Å². The molecular weight excluding hydrogens is 124 g/mol. The molecule has 1 heterocycles. The topological polar surface area (TPSA) is 29.3 Å². The van der Waals surface area contributed by atoms with Gasteiger partial charge in [0.05, 0.1) is 0 Å². The Balaban J connectivity index is 2.46. The van der Waals surface area contributed by atoms with Gasteiger partial charge in [0.25, 0.3) is 0 Å². The first-order chi connectivity index (χ1) is 4.86. The van der Waals surface area contributed by atoms with Crippen LogP contribution >= 0.6 is 0 Å². The van der Waals surface area contributed by atoms with E-state index in [1.807, 2.05) is 0 Å². The van der Waals surface area contributed by atoms with E-state index in [4.69, 9.17) is 5.73 Å². The van der Waals surface area contributed by atoms with Crippen molar-refractivity contribution in [2.45, 2.75) is 6.92 Å². The van der Waals surface area contributed by atoms with Crippen molar-refractivity contribution in [1.82, 2.24) is 4.90 Å². The summed E-state index contributed by atoms with van der Waals surface area (Å²) in [5, 5.41) is 0. The highest BCUT2D eigenvalue weighted by molar-refractivity contribution is 5.23. The van der Waals surface area contributed by atoms with Crippen LogP contribution in [0.1, 0.15) is 6.92 Å². The largest absolute Gasteiger partial charge is 0.374 e. The third-order valence-corrected chi connectivity index (χ3v) is 1.73. The molecule has 2 heteroatoms. The minimum Gasteiger partial charge on any atom is -0.374 e. The maximum atomic E-state index is 5.45. The van der Waals surface area contributed by atoms with Gasteiger partial charge < -0.3 is 10.6 Å². The van der Waals surface area contributed by atoms with Crippen LogP contribution in [0.4, 0.5) is 0 Å². The molecule has 1 aliphatic heterocycles. The molecule has 0 aromatic rings. The van der Waals surface area contributed by atoms with Crippen LogP contribution in [0.5, 0.6) is 0 Å². The lowest BCUT2D eigenvalue weighted by Gasteiger charge is -2.19. The Bertz CT molecular complexity index is 159. The Hall–Kier alpha value is -0.760. The zero-order valence-electron chi connectivity index (χ0n) is 6.38. The molecular formula is C8H14N2. The first-order valence-corrected chi connectivity index (χ1v) is 3.68. The van der Waals surface area contributed by atoms with Crippen LogP contribution in [0.3, 0.4) is 0 Å². The van der Waals surface area contributed by atoms with Gasteiger partial charge in [0.2, 0.25) is 0 Å². The molecule has 0 spiro atoms. The van der Waals surface area contributed by atoms with Crippen molar-refractivity contribution in [3.05, 3.63) is 23.9 Å². The standard InChI is InChI=1S/C8H14N2/c1-2-10-5-3-8(7-9)4-6-10/h3-5H,2,6-7,9H2,1H3. The molecule has 0 amide bonds. The molecule has 10 heavy (non-hydrogen) atoms. The van der Waals surface area contributed by atoms with E-state index in [2.05, 4.69) is 30.2 Å². The first kappa shape index (κ1) is 7.35. The fourth-order valence-electron chi connectivity index (χ4n) is 0.950. The summed E-state index contributed by atoms with van der Waals surface area (Å²) in [4.78, 5) is 2.24. The highest BCUT2D eigenvalue weighted by Gasteiger charge is 1.99. The zero-order chi connectivity index (χ0) is 7.40. The SMILES string of the molecule is CCN1C=CC(CN)=CC1. The van der Waals surface area contributed by atoms with E-state index in [9.17, 15) is 0 Å². The summed E-state index contributed by atoms with van der Waals surface area (Å²) in [7, 11) is 0. The van der Waals surface area contributed by atoms with Crippen LogP contribution in [-0.2, 0) is 0 Å². The molecule has 1 aliphatic rings. The zero-order valence-corrected chi connectivity index (χ0v) is 6.38. The molecule has 0 radical (unpaired) electrons. The molecule has 0 aromatic heterocycles. The molecule has 2 N–H and O–H groups in total. The number of hydrogen-bond acceptors (Lipinski definition) is 2. The Morgan fingerprint density at radius 1 is 1.70 bits per heavy atom. The van der Waals surface area contributed by atoms with Crippen molar-refractivity contribution in [3.8, 4) is 0 Å². The molecule has 0 aliphatic carbocycles. The van der Waals surface area contributed by atoms with Crippen LogP contribution in [0.2, 0.25) is 0 Å². The number of rotatable bonds is 2. The second-order valence-electron chi connectivity index (χ2n) is 2.39. The lowest BCUT2D eigenvalue weighted by molar-refractivity contribution is 0.433. The monoisotopic (exact) mass is 138 g/mol. The van der Waals surface area contributed by atoms with Gasteiger partial charge in [-0.25, -0.2) is 0 Å². The molecule has 56 valence electrons. The number of nitrogens with zero attached hydrogens (tertiary/aromatic N) is 1. The molecule has 2 nitrogen and oxygen atoms in total. The van der Waals surface area contributed by atoms with Gasteiger partial charge in [-0.05, 0) is 24.8 Å². The van der Waals surface area contributed by atoms with Gasteiger partial charge in [-0.2, -0.15) is 0 Å². The van der Waals surface area contributed by atoms with E-state index in [1.54, 1.807) is 0 Å². The molecule has 0 saturated carbocycles. The van der Waals surface area contributed by atoms with Crippen molar-refractivity contribution in [3.63, 3.8) is 0 Å². The van der Waals surface area contributed by atoms with Crippen molar-refractivity contribution < 1.29 is 0 Å². The summed E-state index contributed by atoms with van der Waals surface area (Å²) in [6, 6.07) is 0. The van der Waals surface area contributed by atoms with Crippen LogP contribution < -0.4 is 5.73 Å². The quantitative estimate of drug-likeness (QED) is 0.609. The summed E-state index contributed by atoms with van der Waals surface area (Å²) in [6.45, 7) is 4.89. The molecule has 1 rings (SSSR count). The smallest absolute Gasteiger partial charge is 0.0360 e. The van der Waals surface area contributed by atoms with Gasteiger partial charge in [-0.1, -0.05) is 6.08 Å². The number of hydrogen-bond donors (Lipinski definition) is 1. The molecule has 0 fully saturated rings. The summed E-state index contributed by atoms with van der Waals surface area (Å²) in [6.07, 6.45) is 6.35. The van der Waals surface area contributed by atoms with Gasteiger partial charge in [0, 0.05) is 19.6 Å². The van der Waals surface area contributed by atoms with E-state index < -0.39 is 0 Å². The summed E-state index contributed by atoms with van der Waals surface area (Å²) in [5.74, 6) is 0. The molecule has 0 bridgehead atoms. The van der Waals surface area contributed by atoms with E-state index in [0.717, 1.165) is 13.1 Å². The maximum absolute atomic E-state index is 5.45. The van der Waals surface area contributed by atoms with Gasteiger partial charge in [-0.15, -0.1) is 0 Å². The summed E-state index contributed by atoms with van der Waals surface area (Å²) in [5.41, 5.74) is 6.69. The summed E-state index contributed by atoms with van der Waals surface area (Å²) >= 11 is 0. The van der Waals surface area contributed by atoms with Crippen molar-refractivity contribution in [2.75, 3.05) is 19.6 Å². The summed E-state index contributed by atoms with van der Waals surface area (Å²) < 4.78 is 0. The second kappa shape index (κ2) is 3.42. The van der Waals surface area contributed by atoms with E-state index >= 15 is 0 Å². The average Bonchev–Trinajstić information content (AvgIpc) is 2.05. The fraction of sp³-hybridized carbons (Fsp3) is 0.500. The van der Waals surface area contributed by atoms with Gasteiger partial charge in [-0.3, -0.25) is 0 Å². The van der Waals surface area contributed by atoms with Crippen LogP contribution in [0.25, 0.3) is 0 Å². The minimum absolute atomic E-state index is 0.661. The highest BCUT2D eigenvalue weighted by Crippen LogP contribution is 2.04. The van der Waals surface area contributed by atoms with E-state index in [0.29, 0.717) is 6.54 Å². The Morgan fingerprint density at radius 3 is 2.90 bits per heavy atom. The third kappa shape index (κ3) is 1.61. The molecule has 0 aromatic carbocycles. The van der Waals surface area contributed by atoms with Crippen molar-refractivity contribution in [2.24, 2.45) is 5.73 Å².